The molecule has 24 heavy (non-hydrogen) atoms. The maximum absolute atomic E-state index is 12.1. The predicted octanol–water partition coefficient (Wildman–Crippen LogP) is 3.19. The van der Waals surface area contributed by atoms with Crippen molar-refractivity contribution in [3.63, 3.8) is 0 Å². The van der Waals surface area contributed by atoms with Gasteiger partial charge in [0.2, 0.25) is 5.13 Å². The van der Waals surface area contributed by atoms with E-state index >= 15 is 0 Å². The maximum atomic E-state index is 12.1. The van der Waals surface area contributed by atoms with Crippen LogP contribution in [-0.2, 0) is 6.54 Å². The Kier molecular flexibility index (Phi) is 4.66. The Labute approximate surface area is 143 Å². The summed E-state index contributed by atoms with van der Waals surface area (Å²) in [5, 5.41) is 19.7. The fourth-order valence-electron chi connectivity index (χ4n) is 2.12. The third-order valence-electron chi connectivity index (χ3n) is 3.57. The first-order valence-corrected chi connectivity index (χ1v) is 8.53. The highest BCUT2D eigenvalue weighted by Crippen LogP contribution is 2.27. The lowest BCUT2D eigenvalue weighted by Crippen LogP contribution is -2.12. The van der Waals surface area contributed by atoms with Crippen LogP contribution in [0.2, 0.25) is 0 Å². The van der Waals surface area contributed by atoms with Gasteiger partial charge in [-0.25, -0.2) is 0 Å². The van der Waals surface area contributed by atoms with E-state index in [2.05, 4.69) is 51.8 Å². The quantitative estimate of drug-likeness (QED) is 0.769. The van der Waals surface area contributed by atoms with Crippen LogP contribution < -0.4 is 5.32 Å². The minimum atomic E-state index is -0.340. The second-order valence-corrected chi connectivity index (χ2v) is 6.58. The molecule has 0 fully saturated rings. The predicted molar refractivity (Wildman–Crippen MR) is 93.1 cm³/mol. The van der Waals surface area contributed by atoms with E-state index in [0.29, 0.717) is 17.6 Å². The van der Waals surface area contributed by atoms with Crippen LogP contribution in [-0.4, -0.2) is 31.1 Å². The number of aryl methyl sites for hydroxylation is 1. The fourth-order valence-corrected chi connectivity index (χ4v) is 2.86. The number of rotatable bonds is 5. The molecule has 3 aromatic rings. The number of benzene rings is 1. The molecule has 0 aliphatic carbocycles. The molecule has 1 aromatic carbocycles. The summed E-state index contributed by atoms with van der Waals surface area (Å²) in [6, 6.07) is 8.22. The van der Waals surface area contributed by atoms with Crippen LogP contribution in [0.4, 0.5) is 5.13 Å². The molecule has 3 rings (SSSR count). The van der Waals surface area contributed by atoms with E-state index in [1.54, 1.807) is 10.9 Å². The topological polar surface area (TPSA) is 85.6 Å². The molecule has 124 valence electrons. The lowest BCUT2D eigenvalue weighted by molar-refractivity contribution is 0.102. The minimum Gasteiger partial charge on any atom is -0.295 e. The first kappa shape index (κ1) is 16.3. The number of carbonyl (C=O) groups is 1. The van der Waals surface area contributed by atoms with E-state index in [0.717, 1.165) is 10.6 Å². The van der Waals surface area contributed by atoms with Gasteiger partial charge in [0.25, 0.3) is 5.91 Å². The third-order valence-corrected chi connectivity index (χ3v) is 4.45. The van der Waals surface area contributed by atoms with E-state index < -0.39 is 0 Å². The molecule has 0 saturated carbocycles. The van der Waals surface area contributed by atoms with Crippen molar-refractivity contribution in [2.24, 2.45) is 0 Å². The Bertz CT molecular complexity index is 836. The monoisotopic (exact) mass is 342 g/mol. The van der Waals surface area contributed by atoms with Crippen LogP contribution in [0.3, 0.4) is 0 Å². The lowest BCUT2D eigenvalue weighted by Gasteiger charge is -2.04. The van der Waals surface area contributed by atoms with Gasteiger partial charge in [-0.2, -0.15) is 0 Å². The summed E-state index contributed by atoms with van der Waals surface area (Å²) >= 11 is 1.33. The van der Waals surface area contributed by atoms with Crippen molar-refractivity contribution in [2.45, 2.75) is 33.2 Å². The average molecular weight is 342 g/mol. The van der Waals surface area contributed by atoms with Crippen molar-refractivity contribution in [1.82, 2.24) is 25.2 Å². The van der Waals surface area contributed by atoms with Crippen molar-refractivity contribution < 1.29 is 4.79 Å². The molecule has 1 N–H and O–H groups in total. The summed E-state index contributed by atoms with van der Waals surface area (Å²) < 4.78 is 1.59. The van der Waals surface area contributed by atoms with Crippen LogP contribution in [0.1, 0.15) is 42.7 Å². The number of nitrogens with one attached hydrogen (secondary N) is 1. The van der Waals surface area contributed by atoms with Crippen molar-refractivity contribution in [3.05, 3.63) is 41.7 Å². The number of anilines is 1. The number of amides is 1. The highest BCUT2D eigenvalue weighted by atomic mass is 32.1. The maximum Gasteiger partial charge on any atom is 0.279 e. The molecule has 0 atom stereocenters. The van der Waals surface area contributed by atoms with Gasteiger partial charge >= 0.3 is 0 Å². The van der Waals surface area contributed by atoms with E-state index in [9.17, 15) is 4.79 Å². The van der Waals surface area contributed by atoms with Gasteiger partial charge in [0, 0.05) is 12.1 Å². The Morgan fingerprint density at radius 2 is 1.96 bits per heavy atom. The Balaban J connectivity index is 1.72. The summed E-state index contributed by atoms with van der Waals surface area (Å²) in [6.45, 7) is 6.90. The molecule has 0 unspecified atom stereocenters. The average Bonchev–Trinajstić information content (AvgIpc) is 3.24. The summed E-state index contributed by atoms with van der Waals surface area (Å²) in [5.74, 6) is 0.146. The molecule has 0 aliphatic heterocycles. The molecular formula is C16H18N6OS. The first-order chi connectivity index (χ1) is 11.6. The van der Waals surface area contributed by atoms with Crippen molar-refractivity contribution in [3.8, 4) is 10.6 Å². The minimum absolute atomic E-state index is 0.259. The summed E-state index contributed by atoms with van der Waals surface area (Å²) in [5.41, 5.74) is 2.51. The number of hydrogen-bond acceptors (Lipinski definition) is 6. The van der Waals surface area contributed by atoms with Crippen molar-refractivity contribution in [2.75, 3.05) is 5.32 Å². The Morgan fingerprint density at radius 3 is 2.58 bits per heavy atom. The number of hydrogen-bond donors (Lipinski definition) is 1. The van der Waals surface area contributed by atoms with Crippen LogP contribution in [0, 0.1) is 0 Å². The van der Waals surface area contributed by atoms with Gasteiger partial charge in [-0.05, 0) is 18.4 Å². The molecule has 0 bridgehead atoms. The van der Waals surface area contributed by atoms with Gasteiger partial charge in [0.05, 0.1) is 6.20 Å². The molecule has 7 nitrogen and oxygen atoms in total. The van der Waals surface area contributed by atoms with E-state index in [-0.39, 0.29) is 11.6 Å². The van der Waals surface area contributed by atoms with Crippen molar-refractivity contribution >= 4 is 22.4 Å². The summed E-state index contributed by atoms with van der Waals surface area (Å²) in [6.07, 6.45) is 1.60. The van der Waals surface area contributed by atoms with Crippen molar-refractivity contribution in [1.29, 1.82) is 0 Å². The third kappa shape index (κ3) is 3.48. The molecule has 2 aromatic heterocycles. The number of aromatic nitrogens is 5. The van der Waals surface area contributed by atoms with E-state index in [4.69, 9.17) is 0 Å². The molecule has 8 heteroatoms. The van der Waals surface area contributed by atoms with Gasteiger partial charge in [-0.3, -0.25) is 14.8 Å². The summed E-state index contributed by atoms with van der Waals surface area (Å²) in [4.78, 5) is 12.1. The molecule has 0 spiro atoms. The molecular weight excluding hydrogens is 324 g/mol. The van der Waals surface area contributed by atoms with Crippen LogP contribution >= 0.6 is 11.3 Å². The van der Waals surface area contributed by atoms with Crippen LogP contribution in [0.5, 0.6) is 0 Å². The number of carbonyl (C=O) groups excluding carboxylic acids is 1. The lowest BCUT2D eigenvalue weighted by atomic mass is 10.0. The zero-order valence-corrected chi connectivity index (χ0v) is 14.5. The van der Waals surface area contributed by atoms with Gasteiger partial charge in [-0.15, -0.1) is 15.3 Å². The molecule has 0 saturated heterocycles. The SMILES string of the molecule is CCn1cc(C(=O)Nc2nnc(-c3ccc(C(C)C)cc3)s2)nn1. The Hall–Kier alpha value is -2.61. The van der Waals surface area contributed by atoms with Gasteiger partial charge in [-0.1, -0.05) is 54.7 Å². The smallest absolute Gasteiger partial charge is 0.279 e. The van der Waals surface area contributed by atoms with Gasteiger partial charge < -0.3 is 0 Å². The van der Waals surface area contributed by atoms with Crippen LogP contribution in [0.25, 0.3) is 10.6 Å². The second-order valence-electron chi connectivity index (χ2n) is 5.60. The zero-order valence-electron chi connectivity index (χ0n) is 13.7. The molecule has 0 aliphatic rings. The fraction of sp³-hybridized carbons (Fsp3) is 0.312. The number of nitrogens with zero attached hydrogens (tertiary/aromatic N) is 5. The molecule has 1 amide bonds. The van der Waals surface area contributed by atoms with E-state index in [1.165, 1.54) is 16.9 Å². The zero-order chi connectivity index (χ0) is 17.1. The van der Waals surface area contributed by atoms with Gasteiger partial charge in [0.15, 0.2) is 5.69 Å². The van der Waals surface area contributed by atoms with E-state index in [1.807, 2.05) is 19.1 Å². The highest BCUT2D eigenvalue weighted by molar-refractivity contribution is 7.18. The van der Waals surface area contributed by atoms with Crippen LogP contribution in [0.15, 0.2) is 30.5 Å². The largest absolute Gasteiger partial charge is 0.295 e. The highest BCUT2D eigenvalue weighted by Gasteiger charge is 2.14. The standard InChI is InChI=1S/C16H18N6OS/c1-4-22-9-13(18-21-22)14(23)17-16-20-19-15(24-16)12-7-5-11(6-8-12)10(2)3/h5-10H,4H2,1-3H3,(H,17,20,23). The Morgan fingerprint density at radius 1 is 1.21 bits per heavy atom. The molecule has 0 radical (unpaired) electrons. The molecule has 2 heterocycles. The normalized spacial score (nSPS) is 11.0. The summed E-state index contributed by atoms with van der Waals surface area (Å²) in [7, 11) is 0. The van der Waals surface area contributed by atoms with Gasteiger partial charge in [0.1, 0.15) is 5.01 Å². The second kappa shape index (κ2) is 6.88. The first-order valence-electron chi connectivity index (χ1n) is 7.72.